The molecule has 4 heteroatoms. The van der Waals surface area contributed by atoms with Crippen molar-refractivity contribution in [2.24, 2.45) is 0 Å². The SMILES string of the molecule is Cc1nc(CC(C)(O)c2cccc(F)c2)cs1. The van der Waals surface area contributed by atoms with Crippen molar-refractivity contribution in [3.63, 3.8) is 0 Å². The number of halogens is 1. The number of aryl methyl sites for hydroxylation is 1. The maximum Gasteiger partial charge on any atom is 0.123 e. The van der Waals surface area contributed by atoms with Gasteiger partial charge in [0.05, 0.1) is 16.3 Å². The van der Waals surface area contributed by atoms with Gasteiger partial charge in [-0.2, -0.15) is 0 Å². The molecule has 0 radical (unpaired) electrons. The lowest BCUT2D eigenvalue weighted by atomic mass is 9.91. The Bertz CT molecular complexity index is 522. The fraction of sp³-hybridized carbons (Fsp3) is 0.308. The second-order valence-electron chi connectivity index (χ2n) is 4.32. The highest BCUT2D eigenvalue weighted by molar-refractivity contribution is 7.09. The maximum atomic E-state index is 13.1. The molecular formula is C13H14FNOS. The second-order valence-corrected chi connectivity index (χ2v) is 5.38. The third-order valence-corrected chi connectivity index (χ3v) is 3.46. The van der Waals surface area contributed by atoms with E-state index in [0.717, 1.165) is 10.7 Å². The highest BCUT2D eigenvalue weighted by Crippen LogP contribution is 2.26. The normalized spacial score (nSPS) is 14.6. The van der Waals surface area contributed by atoms with E-state index >= 15 is 0 Å². The predicted octanol–water partition coefficient (Wildman–Crippen LogP) is 3.04. The summed E-state index contributed by atoms with van der Waals surface area (Å²) in [6.07, 6.45) is 0.390. The molecule has 1 aromatic heterocycles. The zero-order valence-corrected chi connectivity index (χ0v) is 10.6. The quantitative estimate of drug-likeness (QED) is 0.909. The molecule has 1 N–H and O–H groups in total. The van der Waals surface area contributed by atoms with Crippen LogP contribution in [0.25, 0.3) is 0 Å². The lowest BCUT2D eigenvalue weighted by molar-refractivity contribution is 0.0564. The number of nitrogens with zero attached hydrogens (tertiary/aromatic N) is 1. The average molecular weight is 251 g/mol. The van der Waals surface area contributed by atoms with E-state index in [1.807, 2.05) is 12.3 Å². The molecule has 2 rings (SSSR count). The Labute approximate surface area is 104 Å². The molecule has 0 spiro atoms. The summed E-state index contributed by atoms with van der Waals surface area (Å²) in [5, 5.41) is 13.3. The molecule has 0 saturated carbocycles. The first-order valence-electron chi connectivity index (χ1n) is 5.37. The highest BCUT2D eigenvalue weighted by atomic mass is 32.1. The molecule has 17 heavy (non-hydrogen) atoms. The summed E-state index contributed by atoms with van der Waals surface area (Å²) in [5.74, 6) is -0.336. The summed E-state index contributed by atoms with van der Waals surface area (Å²) in [4.78, 5) is 4.31. The van der Waals surface area contributed by atoms with E-state index in [0.29, 0.717) is 12.0 Å². The zero-order chi connectivity index (χ0) is 12.5. The largest absolute Gasteiger partial charge is 0.385 e. The third kappa shape index (κ3) is 2.90. The first-order valence-corrected chi connectivity index (χ1v) is 6.25. The van der Waals surface area contributed by atoms with Gasteiger partial charge in [-0.3, -0.25) is 0 Å². The standard InChI is InChI=1S/C13H14FNOS/c1-9-15-12(8-17-9)7-13(2,16)10-4-3-5-11(14)6-10/h3-6,8,16H,7H2,1-2H3. The molecule has 0 aliphatic heterocycles. The van der Waals surface area contributed by atoms with Gasteiger partial charge in [0.1, 0.15) is 5.82 Å². The van der Waals surface area contributed by atoms with Crippen molar-refractivity contribution in [2.75, 3.05) is 0 Å². The van der Waals surface area contributed by atoms with Crippen LogP contribution in [0, 0.1) is 12.7 Å². The van der Waals surface area contributed by atoms with Crippen LogP contribution in [0.1, 0.15) is 23.2 Å². The molecule has 1 atom stereocenters. The molecule has 0 amide bonds. The summed E-state index contributed by atoms with van der Waals surface area (Å²) < 4.78 is 13.1. The number of rotatable bonds is 3. The minimum absolute atomic E-state index is 0.336. The molecule has 90 valence electrons. The average Bonchev–Trinajstić information content (AvgIpc) is 2.63. The van der Waals surface area contributed by atoms with Gasteiger partial charge in [-0.1, -0.05) is 12.1 Å². The number of aromatic nitrogens is 1. The minimum Gasteiger partial charge on any atom is -0.385 e. The van der Waals surface area contributed by atoms with Crippen LogP contribution in [-0.2, 0) is 12.0 Å². The van der Waals surface area contributed by atoms with E-state index in [2.05, 4.69) is 4.98 Å². The fourth-order valence-electron chi connectivity index (χ4n) is 1.77. The first-order chi connectivity index (χ1) is 7.97. The number of aliphatic hydroxyl groups is 1. The molecule has 0 aliphatic carbocycles. The number of hydrogen-bond donors (Lipinski definition) is 1. The number of hydrogen-bond acceptors (Lipinski definition) is 3. The summed E-state index contributed by atoms with van der Waals surface area (Å²) >= 11 is 1.55. The lowest BCUT2D eigenvalue weighted by Gasteiger charge is -2.22. The van der Waals surface area contributed by atoms with Crippen LogP contribution in [0.4, 0.5) is 4.39 Å². The first kappa shape index (κ1) is 12.2. The van der Waals surface area contributed by atoms with Crippen LogP contribution in [0.2, 0.25) is 0 Å². The Kier molecular flexibility index (Phi) is 3.26. The Morgan fingerprint density at radius 3 is 2.82 bits per heavy atom. The van der Waals surface area contributed by atoms with Crippen LogP contribution in [0.15, 0.2) is 29.6 Å². The van der Waals surface area contributed by atoms with E-state index in [4.69, 9.17) is 0 Å². The van der Waals surface area contributed by atoms with Crippen LogP contribution >= 0.6 is 11.3 Å². The Morgan fingerprint density at radius 1 is 1.47 bits per heavy atom. The van der Waals surface area contributed by atoms with E-state index in [9.17, 15) is 9.50 Å². The Hall–Kier alpha value is -1.26. The van der Waals surface area contributed by atoms with Crippen molar-refractivity contribution in [2.45, 2.75) is 25.9 Å². The van der Waals surface area contributed by atoms with Crippen LogP contribution in [0.3, 0.4) is 0 Å². The van der Waals surface area contributed by atoms with Crippen molar-refractivity contribution in [1.29, 1.82) is 0 Å². The van der Waals surface area contributed by atoms with Crippen molar-refractivity contribution in [3.8, 4) is 0 Å². The molecule has 0 fully saturated rings. The van der Waals surface area contributed by atoms with Gasteiger partial charge in [0, 0.05) is 11.8 Å². The molecule has 0 aliphatic rings. The number of thiazole rings is 1. The molecule has 1 heterocycles. The van der Waals surface area contributed by atoms with E-state index in [1.54, 1.807) is 30.4 Å². The van der Waals surface area contributed by atoms with E-state index in [-0.39, 0.29) is 5.82 Å². The second kappa shape index (κ2) is 4.55. The molecule has 2 nitrogen and oxygen atoms in total. The topological polar surface area (TPSA) is 33.1 Å². The fourth-order valence-corrected chi connectivity index (χ4v) is 2.38. The highest BCUT2D eigenvalue weighted by Gasteiger charge is 2.25. The Morgan fingerprint density at radius 2 is 2.24 bits per heavy atom. The van der Waals surface area contributed by atoms with Gasteiger partial charge in [0.2, 0.25) is 0 Å². The third-order valence-electron chi connectivity index (χ3n) is 2.64. The smallest absolute Gasteiger partial charge is 0.123 e. The molecule has 2 aromatic rings. The summed E-state index contributed by atoms with van der Waals surface area (Å²) in [6.45, 7) is 3.60. The Balaban J connectivity index is 2.24. The summed E-state index contributed by atoms with van der Waals surface area (Å²) in [5.41, 5.74) is 0.313. The molecule has 0 bridgehead atoms. The van der Waals surface area contributed by atoms with Gasteiger partial charge in [-0.15, -0.1) is 11.3 Å². The lowest BCUT2D eigenvalue weighted by Crippen LogP contribution is -2.24. The minimum atomic E-state index is -1.09. The molecule has 1 aromatic carbocycles. The van der Waals surface area contributed by atoms with Gasteiger partial charge in [0.15, 0.2) is 0 Å². The zero-order valence-electron chi connectivity index (χ0n) is 9.77. The van der Waals surface area contributed by atoms with Crippen molar-refractivity contribution >= 4 is 11.3 Å². The van der Waals surface area contributed by atoms with Gasteiger partial charge >= 0.3 is 0 Å². The maximum absolute atomic E-state index is 13.1. The van der Waals surface area contributed by atoms with Crippen LogP contribution in [-0.4, -0.2) is 10.1 Å². The van der Waals surface area contributed by atoms with Crippen molar-refractivity contribution in [3.05, 3.63) is 51.7 Å². The van der Waals surface area contributed by atoms with Crippen molar-refractivity contribution in [1.82, 2.24) is 4.98 Å². The predicted molar refractivity (Wildman–Crippen MR) is 66.5 cm³/mol. The molecular weight excluding hydrogens is 237 g/mol. The van der Waals surface area contributed by atoms with Gasteiger partial charge in [-0.05, 0) is 31.5 Å². The monoisotopic (exact) mass is 251 g/mol. The van der Waals surface area contributed by atoms with Crippen LogP contribution < -0.4 is 0 Å². The van der Waals surface area contributed by atoms with Gasteiger partial charge < -0.3 is 5.11 Å². The summed E-state index contributed by atoms with van der Waals surface area (Å²) in [6, 6.07) is 6.06. The van der Waals surface area contributed by atoms with Crippen LogP contribution in [0.5, 0.6) is 0 Å². The molecule has 0 saturated heterocycles. The van der Waals surface area contributed by atoms with Gasteiger partial charge in [-0.25, -0.2) is 9.37 Å². The number of benzene rings is 1. The van der Waals surface area contributed by atoms with Gasteiger partial charge in [0.25, 0.3) is 0 Å². The van der Waals surface area contributed by atoms with E-state index < -0.39 is 5.60 Å². The van der Waals surface area contributed by atoms with E-state index in [1.165, 1.54) is 12.1 Å². The molecule has 1 unspecified atom stereocenters. The summed E-state index contributed by atoms with van der Waals surface area (Å²) in [7, 11) is 0. The van der Waals surface area contributed by atoms with Crippen molar-refractivity contribution < 1.29 is 9.50 Å².